The third kappa shape index (κ3) is 3.98. The van der Waals surface area contributed by atoms with Crippen LogP contribution in [0.4, 0.5) is 0 Å². The molecular weight excluding hydrogens is 442 g/mol. The van der Waals surface area contributed by atoms with Gasteiger partial charge in [0, 0.05) is 36.2 Å². The summed E-state index contributed by atoms with van der Waals surface area (Å²) in [5.41, 5.74) is 0.387. The molecule has 2 aromatic rings. The van der Waals surface area contributed by atoms with Crippen molar-refractivity contribution >= 4 is 49.1 Å². The van der Waals surface area contributed by atoms with Crippen LogP contribution in [-0.2, 0) is 10.0 Å². The topological polar surface area (TPSA) is 101 Å². The maximum absolute atomic E-state index is 12.6. The van der Waals surface area contributed by atoms with E-state index >= 15 is 0 Å². The Balaban J connectivity index is 1.63. The van der Waals surface area contributed by atoms with E-state index in [1.54, 1.807) is 9.80 Å². The van der Waals surface area contributed by atoms with Crippen molar-refractivity contribution in [3.63, 3.8) is 0 Å². The van der Waals surface area contributed by atoms with E-state index < -0.39 is 10.0 Å². The van der Waals surface area contributed by atoms with Gasteiger partial charge in [-0.3, -0.25) is 9.59 Å². The first-order valence-electron chi connectivity index (χ1n) is 7.72. The first kappa shape index (κ1) is 19.0. The average Bonchev–Trinajstić information content (AvgIpc) is 3.06. The number of halogens is 1. The fourth-order valence-electron chi connectivity index (χ4n) is 2.67. The number of nitrogens with two attached hydrogens (primary N) is 1. The summed E-state index contributed by atoms with van der Waals surface area (Å²) >= 11 is 4.75. The summed E-state index contributed by atoms with van der Waals surface area (Å²) in [6, 6.07) is 7.36. The van der Waals surface area contributed by atoms with Crippen LogP contribution in [0.25, 0.3) is 0 Å². The van der Waals surface area contributed by atoms with Gasteiger partial charge >= 0.3 is 0 Å². The number of sulfonamides is 1. The highest BCUT2D eigenvalue weighted by molar-refractivity contribution is 9.10. The predicted molar refractivity (Wildman–Crippen MR) is 102 cm³/mol. The summed E-state index contributed by atoms with van der Waals surface area (Å²) in [4.78, 5) is 29.0. The Kier molecular flexibility index (Phi) is 5.47. The van der Waals surface area contributed by atoms with Gasteiger partial charge < -0.3 is 9.80 Å². The van der Waals surface area contributed by atoms with Gasteiger partial charge in [0.2, 0.25) is 10.0 Å². The van der Waals surface area contributed by atoms with Gasteiger partial charge in [-0.2, -0.15) is 0 Å². The molecule has 0 saturated carbocycles. The van der Waals surface area contributed by atoms with Gasteiger partial charge in [0.15, 0.2) is 0 Å². The molecule has 1 aliphatic heterocycles. The fourth-order valence-corrected chi connectivity index (χ4v) is 4.70. The first-order valence-corrected chi connectivity index (χ1v) is 10.9. The van der Waals surface area contributed by atoms with Gasteiger partial charge in [-0.25, -0.2) is 13.6 Å². The monoisotopic (exact) mass is 457 g/mol. The van der Waals surface area contributed by atoms with E-state index in [4.69, 9.17) is 5.14 Å². The third-order valence-electron chi connectivity index (χ3n) is 4.10. The zero-order chi connectivity index (χ0) is 18.9. The molecule has 1 aliphatic rings. The lowest BCUT2D eigenvalue weighted by Gasteiger charge is -2.34. The normalized spacial score (nSPS) is 15.2. The van der Waals surface area contributed by atoms with E-state index in [1.807, 2.05) is 11.4 Å². The molecule has 0 aliphatic carbocycles. The van der Waals surface area contributed by atoms with Gasteiger partial charge in [0.1, 0.15) is 4.88 Å². The maximum atomic E-state index is 12.6. The van der Waals surface area contributed by atoms with E-state index in [1.165, 1.54) is 35.6 Å². The van der Waals surface area contributed by atoms with Crippen molar-refractivity contribution in [1.82, 2.24) is 9.80 Å². The Hall–Kier alpha value is -1.75. The van der Waals surface area contributed by atoms with Crippen molar-refractivity contribution in [3.05, 3.63) is 50.6 Å². The SMILES string of the molecule is NS(=O)(=O)c1ccc(C(=O)N2CCN(C(=O)c3sccc3Br)CC2)cc1. The smallest absolute Gasteiger partial charge is 0.265 e. The number of carbonyl (C=O) groups is 2. The molecule has 138 valence electrons. The second-order valence-electron chi connectivity index (χ2n) is 5.75. The third-order valence-corrected chi connectivity index (χ3v) is 6.85. The molecule has 3 rings (SSSR count). The highest BCUT2D eigenvalue weighted by Gasteiger charge is 2.27. The van der Waals surface area contributed by atoms with Crippen molar-refractivity contribution in [2.75, 3.05) is 26.2 Å². The molecule has 10 heteroatoms. The summed E-state index contributed by atoms with van der Waals surface area (Å²) in [6.07, 6.45) is 0. The highest BCUT2D eigenvalue weighted by Crippen LogP contribution is 2.24. The Bertz CT molecular complexity index is 933. The summed E-state index contributed by atoms with van der Waals surface area (Å²) in [5, 5.41) is 6.91. The zero-order valence-electron chi connectivity index (χ0n) is 13.6. The number of hydrogen-bond donors (Lipinski definition) is 1. The summed E-state index contributed by atoms with van der Waals surface area (Å²) < 4.78 is 23.3. The molecule has 0 radical (unpaired) electrons. The first-order chi connectivity index (χ1) is 12.3. The number of benzene rings is 1. The van der Waals surface area contributed by atoms with Crippen LogP contribution >= 0.6 is 27.3 Å². The lowest BCUT2D eigenvalue weighted by molar-refractivity contribution is 0.0537. The Morgan fingerprint density at radius 3 is 1.96 bits per heavy atom. The maximum Gasteiger partial charge on any atom is 0.265 e. The molecule has 1 saturated heterocycles. The van der Waals surface area contributed by atoms with Crippen LogP contribution in [-0.4, -0.2) is 56.2 Å². The minimum atomic E-state index is -3.78. The van der Waals surface area contributed by atoms with E-state index in [9.17, 15) is 18.0 Å². The Morgan fingerprint density at radius 1 is 0.962 bits per heavy atom. The van der Waals surface area contributed by atoms with Crippen LogP contribution in [0.1, 0.15) is 20.0 Å². The molecule has 0 unspecified atom stereocenters. The van der Waals surface area contributed by atoms with Crippen LogP contribution in [0.3, 0.4) is 0 Å². The van der Waals surface area contributed by atoms with Gasteiger partial charge in [0.25, 0.3) is 11.8 Å². The van der Waals surface area contributed by atoms with Crippen molar-refractivity contribution in [2.24, 2.45) is 5.14 Å². The molecule has 2 N–H and O–H groups in total. The van der Waals surface area contributed by atoms with Gasteiger partial charge in [-0.1, -0.05) is 0 Å². The number of hydrogen-bond acceptors (Lipinski definition) is 5. The van der Waals surface area contributed by atoms with E-state index in [0.717, 1.165) is 4.47 Å². The highest BCUT2D eigenvalue weighted by atomic mass is 79.9. The van der Waals surface area contributed by atoms with Crippen LogP contribution in [0, 0.1) is 0 Å². The molecule has 1 aromatic carbocycles. The van der Waals surface area contributed by atoms with Gasteiger partial charge in [0.05, 0.1) is 4.90 Å². The molecule has 0 spiro atoms. The minimum Gasteiger partial charge on any atom is -0.335 e. The Labute approximate surface area is 163 Å². The summed E-state index contributed by atoms with van der Waals surface area (Å²) in [5.74, 6) is -0.244. The lowest BCUT2D eigenvalue weighted by Crippen LogP contribution is -2.50. The molecule has 2 heterocycles. The molecule has 0 bridgehead atoms. The number of carbonyl (C=O) groups excluding carboxylic acids is 2. The Morgan fingerprint density at radius 2 is 1.50 bits per heavy atom. The second kappa shape index (κ2) is 7.47. The van der Waals surface area contributed by atoms with Gasteiger partial charge in [-0.15, -0.1) is 11.3 Å². The standard InChI is InChI=1S/C16H16BrN3O4S2/c17-13-5-10-25-14(13)16(22)20-8-6-19(7-9-20)15(21)11-1-3-12(4-2-11)26(18,23)24/h1-5,10H,6-9H2,(H2,18,23,24). The van der Waals surface area contributed by atoms with E-state index in [2.05, 4.69) is 15.9 Å². The molecule has 2 amide bonds. The van der Waals surface area contributed by atoms with Crippen LogP contribution in [0.15, 0.2) is 45.1 Å². The molecule has 7 nitrogen and oxygen atoms in total. The lowest BCUT2D eigenvalue weighted by atomic mass is 10.2. The summed E-state index contributed by atoms with van der Waals surface area (Å²) in [7, 11) is -3.78. The number of primary sulfonamides is 1. The van der Waals surface area contributed by atoms with Crippen molar-refractivity contribution in [1.29, 1.82) is 0 Å². The minimum absolute atomic E-state index is 0.0361. The number of rotatable bonds is 3. The van der Waals surface area contributed by atoms with Gasteiger partial charge in [-0.05, 0) is 51.6 Å². The fraction of sp³-hybridized carbons (Fsp3) is 0.250. The van der Waals surface area contributed by atoms with E-state index in [-0.39, 0.29) is 16.7 Å². The number of piperazine rings is 1. The predicted octanol–water partition coefficient (Wildman–Crippen LogP) is 1.76. The van der Waals surface area contributed by atoms with Crippen LogP contribution in [0.2, 0.25) is 0 Å². The zero-order valence-corrected chi connectivity index (χ0v) is 16.8. The number of amides is 2. The van der Waals surface area contributed by atoms with Crippen LogP contribution in [0.5, 0.6) is 0 Å². The van der Waals surface area contributed by atoms with Crippen molar-refractivity contribution in [2.45, 2.75) is 4.90 Å². The van der Waals surface area contributed by atoms with Crippen LogP contribution < -0.4 is 5.14 Å². The number of nitrogens with zero attached hydrogens (tertiary/aromatic N) is 2. The summed E-state index contributed by atoms with van der Waals surface area (Å²) in [6.45, 7) is 1.74. The average molecular weight is 458 g/mol. The van der Waals surface area contributed by atoms with E-state index in [0.29, 0.717) is 36.6 Å². The second-order valence-corrected chi connectivity index (χ2v) is 9.08. The molecule has 1 fully saturated rings. The van der Waals surface area contributed by atoms with Crippen molar-refractivity contribution < 1.29 is 18.0 Å². The van der Waals surface area contributed by atoms with Crippen molar-refractivity contribution in [3.8, 4) is 0 Å². The number of thiophene rings is 1. The molecular formula is C16H16BrN3O4S2. The molecule has 0 atom stereocenters. The largest absolute Gasteiger partial charge is 0.335 e. The molecule has 1 aromatic heterocycles. The quantitative estimate of drug-likeness (QED) is 0.758. The molecule has 26 heavy (non-hydrogen) atoms.